The summed E-state index contributed by atoms with van der Waals surface area (Å²) in [5.41, 5.74) is 0.622. The van der Waals surface area contributed by atoms with E-state index in [0.717, 1.165) is 38.5 Å². The number of hydrogen-bond acceptors (Lipinski definition) is 5. The van der Waals surface area contributed by atoms with E-state index in [1.807, 2.05) is 4.90 Å². The number of piperazine rings is 1. The number of carboxylic acids is 1. The highest BCUT2D eigenvalue weighted by atomic mass is 16.5. The first kappa shape index (κ1) is 15.3. The predicted molar refractivity (Wildman–Crippen MR) is 77.2 cm³/mol. The molecule has 1 aromatic rings. The molecule has 21 heavy (non-hydrogen) atoms. The Balaban J connectivity index is 1.65. The van der Waals surface area contributed by atoms with Gasteiger partial charge in [0.1, 0.15) is 12.4 Å². The van der Waals surface area contributed by atoms with Crippen LogP contribution in [0.2, 0.25) is 0 Å². The first-order valence-electron chi connectivity index (χ1n) is 6.97. The largest absolute Gasteiger partial charge is 0.492 e. The van der Waals surface area contributed by atoms with Crippen LogP contribution in [0.3, 0.4) is 0 Å². The molecular formula is C15H19N3O3. The number of carboxylic acid groups (broad SMARTS) is 1. The fourth-order valence-electron chi connectivity index (χ4n) is 2.28. The van der Waals surface area contributed by atoms with E-state index in [4.69, 9.17) is 15.1 Å². The van der Waals surface area contributed by atoms with Crippen LogP contribution in [-0.4, -0.2) is 66.8 Å². The second-order valence-corrected chi connectivity index (χ2v) is 5.00. The van der Waals surface area contributed by atoms with Gasteiger partial charge in [-0.3, -0.25) is 14.6 Å². The molecule has 1 aliphatic rings. The van der Waals surface area contributed by atoms with Crippen molar-refractivity contribution >= 4 is 5.97 Å². The summed E-state index contributed by atoms with van der Waals surface area (Å²) in [6.07, 6.45) is 0. The molecule has 6 nitrogen and oxygen atoms in total. The number of hydrogen-bond donors (Lipinski definition) is 1. The number of carbonyl (C=O) groups is 1. The maximum Gasteiger partial charge on any atom is 0.317 e. The van der Waals surface area contributed by atoms with Crippen LogP contribution in [0.15, 0.2) is 24.3 Å². The van der Waals surface area contributed by atoms with Crippen LogP contribution in [0.5, 0.6) is 5.75 Å². The molecule has 0 aliphatic carbocycles. The van der Waals surface area contributed by atoms with E-state index >= 15 is 0 Å². The molecule has 0 spiro atoms. The van der Waals surface area contributed by atoms with Crippen molar-refractivity contribution in [1.29, 1.82) is 5.26 Å². The lowest BCUT2D eigenvalue weighted by Crippen LogP contribution is -2.48. The number of benzene rings is 1. The van der Waals surface area contributed by atoms with Crippen LogP contribution in [0.25, 0.3) is 0 Å². The van der Waals surface area contributed by atoms with Crippen molar-refractivity contribution in [3.05, 3.63) is 29.8 Å². The van der Waals surface area contributed by atoms with Crippen LogP contribution in [0, 0.1) is 11.3 Å². The van der Waals surface area contributed by atoms with E-state index in [2.05, 4.69) is 11.0 Å². The van der Waals surface area contributed by atoms with Gasteiger partial charge in [0.2, 0.25) is 0 Å². The Morgan fingerprint density at radius 3 is 2.38 bits per heavy atom. The standard InChI is InChI=1S/C15H19N3O3/c16-11-13-1-3-14(4-2-13)21-10-9-17-5-7-18(8-6-17)12-15(19)20/h1-4H,5-10,12H2,(H,19,20). The Bertz CT molecular complexity index is 502. The van der Waals surface area contributed by atoms with Crippen molar-refractivity contribution in [2.24, 2.45) is 0 Å². The van der Waals surface area contributed by atoms with E-state index in [-0.39, 0.29) is 6.54 Å². The molecule has 112 valence electrons. The summed E-state index contributed by atoms with van der Waals surface area (Å²) in [5, 5.41) is 17.5. The van der Waals surface area contributed by atoms with Gasteiger partial charge in [0.25, 0.3) is 0 Å². The normalized spacial score (nSPS) is 16.3. The van der Waals surface area contributed by atoms with Gasteiger partial charge in [0.15, 0.2) is 0 Å². The summed E-state index contributed by atoms with van der Waals surface area (Å²) < 4.78 is 5.64. The van der Waals surface area contributed by atoms with Gasteiger partial charge in [-0.05, 0) is 24.3 Å². The minimum Gasteiger partial charge on any atom is -0.492 e. The van der Waals surface area contributed by atoms with Crippen LogP contribution in [-0.2, 0) is 4.79 Å². The molecule has 2 rings (SSSR count). The maximum absolute atomic E-state index is 10.6. The Kier molecular flexibility index (Phi) is 5.55. The molecule has 6 heteroatoms. The van der Waals surface area contributed by atoms with Crippen molar-refractivity contribution < 1.29 is 14.6 Å². The highest BCUT2D eigenvalue weighted by molar-refractivity contribution is 5.69. The SMILES string of the molecule is N#Cc1ccc(OCCN2CCN(CC(=O)O)CC2)cc1. The third-order valence-corrected chi connectivity index (χ3v) is 3.48. The number of nitrogens with zero attached hydrogens (tertiary/aromatic N) is 3. The second-order valence-electron chi connectivity index (χ2n) is 5.00. The summed E-state index contributed by atoms with van der Waals surface area (Å²) in [4.78, 5) is 14.8. The van der Waals surface area contributed by atoms with E-state index < -0.39 is 5.97 Å². The Hall–Kier alpha value is -2.10. The lowest BCUT2D eigenvalue weighted by atomic mass is 10.2. The number of nitriles is 1. The summed E-state index contributed by atoms with van der Waals surface area (Å²) in [5.74, 6) is -0.00823. The molecule has 0 amide bonds. The molecule has 1 aromatic carbocycles. The average Bonchev–Trinajstić information content (AvgIpc) is 2.49. The molecule has 0 radical (unpaired) electrons. The first-order chi connectivity index (χ1) is 10.2. The first-order valence-corrected chi connectivity index (χ1v) is 6.97. The molecule has 1 N–H and O–H groups in total. The van der Waals surface area contributed by atoms with Crippen molar-refractivity contribution in [3.63, 3.8) is 0 Å². The lowest BCUT2D eigenvalue weighted by molar-refractivity contribution is -0.138. The molecule has 1 fully saturated rings. The molecule has 0 atom stereocenters. The van der Waals surface area contributed by atoms with Gasteiger partial charge in [-0.2, -0.15) is 5.26 Å². The maximum atomic E-state index is 10.6. The van der Waals surface area contributed by atoms with Crippen LogP contribution in [0.4, 0.5) is 0 Å². The third kappa shape index (κ3) is 5.06. The predicted octanol–water partition coefficient (Wildman–Crippen LogP) is 0.639. The van der Waals surface area contributed by atoms with Crippen molar-refractivity contribution in [3.8, 4) is 11.8 Å². The lowest BCUT2D eigenvalue weighted by Gasteiger charge is -2.33. The highest BCUT2D eigenvalue weighted by Crippen LogP contribution is 2.11. The van der Waals surface area contributed by atoms with Gasteiger partial charge >= 0.3 is 5.97 Å². The zero-order valence-corrected chi connectivity index (χ0v) is 11.9. The number of rotatable bonds is 6. The number of aliphatic carboxylic acids is 1. The fourth-order valence-corrected chi connectivity index (χ4v) is 2.28. The number of ether oxygens (including phenoxy) is 1. The molecule has 0 bridgehead atoms. The van der Waals surface area contributed by atoms with Gasteiger partial charge in [0, 0.05) is 32.7 Å². The van der Waals surface area contributed by atoms with Gasteiger partial charge in [-0.25, -0.2) is 0 Å². The summed E-state index contributed by atoms with van der Waals surface area (Å²) in [6, 6.07) is 9.13. The fraction of sp³-hybridized carbons (Fsp3) is 0.467. The Labute approximate surface area is 124 Å². The zero-order chi connectivity index (χ0) is 15.1. The molecule has 1 aliphatic heterocycles. The van der Waals surface area contributed by atoms with Crippen LogP contribution >= 0.6 is 0 Å². The van der Waals surface area contributed by atoms with Crippen molar-refractivity contribution in [2.45, 2.75) is 0 Å². The Morgan fingerprint density at radius 2 is 1.81 bits per heavy atom. The van der Waals surface area contributed by atoms with E-state index in [0.29, 0.717) is 12.2 Å². The summed E-state index contributed by atoms with van der Waals surface area (Å²) in [6.45, 7) is 4.82. The van der Waals surface area contributed by atoms with E-state index in [1.54, 1.807) is 24.3 Å². The minimum atomic E-state index is -0.771. The van der Waals surface area contributed by atoms with Crippen LogP contribution < -0.4 is 4.74 Å². The molecular weight excluding hydrogens is 270 g/mol. The van der Waals surface area contributed by atoms with Gasteiger partial charge in [-0.1, -0.05) is 0 Å². The second kappa shape index (κ2) is 7.62. The minimum absolute atomic E-state index is 0.121. The summed E-state index contributed by atoms with van der Waals surface area (Å²) >= 11 is 0. The van der Waals surface area contributed by atoms with Crippen molar-refractivity contribution in [1.82, 2.24) is 9.80 Å². The molecule has 0 unspecified atom stereocenters. The van der Waals surface area contributed by atoms with E-state index in [1.165, 1.54) is 0 Å². The smallest absolute Gasteiger partial charge is 0.317 e. The molecule has 0 aromatic heterocycles. The average molecular weight is 289 g/mol. The zero-order valence-electron chi connectivity index (χ0n) is 11.9. The van der Waals surface area contributed by atoms with E-state index in [9.17, 15) is 4.79 Å². The monoisotopic (exact) mass is 289 g/mol. The van der Waals surface area contributed by atoms with Crippen LogP contribution in [0.1, 0.15) is 5.56 Å². The third-order valence-electron chi connectivity index (χ3n) is 3.48. The Morgan fingerprint density at radius 1 is 1.19 bits per heavy atom. The van der Waals surface area contributed by atoms with Gasteiger partial charge in [0.05, 0.1) is 18.2 Å². The van der Waals surface area contributed by atoms with Crippen molar-refractivity contribution in [2.75, 3.05) is 45.9 Å². The topological polar surface area (TPSA) is 76.8 Å². The summed E-state index contributed by atoms with van der Waals surface area (Å²) in [7, 11) is 0. The molecule has 1 heterocycles. The highest BCUT2D eigenvalue weighted by Gasteiger charge is 2.18. The molecule has 0 saturated carbocycles. The quantitative estimate of drug-likeness (QED) is 0.828. The molecule has 1 saturated heterocycles. The van der Waals surface area contributed by atoms with Gasteiger partial charge in [-0.15, -0.1) is 0 Å². The van der Waals surface area contributed by atoms with Gasteiger partial charge < -0.3 is 9.84 Å².